The molecule has 2 aromatic carbocycles. The van der Waals surface area contributed by atoms with Crippen molar-refractivity contribution in [1.82, 2.24) is 0 Å². The van der Waals surface area contributed by atoms with Crippen LogP contribution in [0, 0.1) is 6.92 Å². The van der Waals surface area contributed by atoms with E-state index >= 15 is 0 Å². The molecule has 0 spiro atoms. The zero-order chi connectivity index (χ0) is 23.8. The number of fused-ring (bicyclic) bond motifs is 1. The Morgan fingerprint density at radius 1 is 1.21 bits per heavy atom. The van der Waals surface area contributed by atoms with E-state index in [4.69, 9.17) is 14.2 Å². The summed E-state index contributed by atoms with van der Waals surface area (Å²) in [6.07, 6.45) is 1.87. The van der Waals surface area contributed by atoms with Gasteiger partial charge in [-0.3, -0.25) is 4.79 Å². The highest BCUT2D eigenvalue weighted by Crippen LogP contribution is 2.48. The molecule has 2 aromatic rings. The summed E-state index contributed by atoms with van der Waals surface area (Å²) in [4.78, 5) is 11.8. The molecule has 33 heavy (non-hydrogen) atoms. The Labute approximate surface area is 197 Å². The standard InChI is InChI=1S/C28H36O5/c1-17(2)25-22(12-11-21-13-20(29)14-24(30)32-21)27-23(15-28(4,5)33-27)18(3)26(25)31-16-19-9-7-6-8-10-19/h6-10,17,20-21,29H,11-16H2,1-5H3/t20-,21-/m0/s1. The summed E-state index contributed by atoms with van der Waals surface area (Å²) in [5.74, 6) is 1.84. The van der Waals surface area contributed by atoms with Crippen LogP contribution < -0.4 is 9.47 Å². The van der Waals surface area contributed by atoms with E-state index in [0.717, 1.165) is 34.6 Å². The topological polar surface area (TPSA) is 65.0 Å². The van der Waals surface area contributed by atoms with Gasteiger partial charge in [-0.25, -0.2) is 0 Å². The van der Waals surface area contributed by atoms with Crippen molar-refractivity contribution in [2.24, 2.45) is 0 Å². The van der Waals surface area contributed by atoms with Gasteiger partial charge in [0.05, 0.1) is 12.5 Å². The van der Waals surface area contributed by atoms with Crippen LogP contribution in [0.4, 0.5) is 0 Å². The molecule has 0 unspecified atom stereocenters. The molecule has 0 saturated carbocycles. The number of ether oxygens (including phenoxy) is 3. The molecule has 1 fully saturated rings. The Bertz CT molecular complexity index is 1010. The van der Waals surface area contributed by atoms with Gasteiger partial charge in [-0.2, -0.15) is 0 Å². The van der Waals surface area contributed by atoms with E-state index in [1.54, 1.807) is 0 Å². The third kappa shape index (κ3) is 5.19. The minimum Gasteiger partial charge on any atom is -0.488 e. The molecule has 2 heterocycles. The Kier molecular flexibility index (Phi) is 6.71. The van der Waals surface area contributed by atoms with Gasteiger partial charge in [0.15, 0.2) is 0 Å². The molecule has 178 valence electrons. The van der Waals surface area contributed by atoms with E-state index in [1.807, 2.05) is 18.2 Å². The second kappa shape index (κ2) is 9.38. The van der Waals surface area contributed by atoms with E-state index in [9.17, 15) is 9.90 Å². The summed E-state index contributed by atoms with van der Waals surface area (Å²) < 4.78 is 18.5. The van der Waals surface area contributed by atoms with E-state index < -0.39 is 6.10 Å². The van der Waals surface area contributed by atoms with Crippen molar-refractivity contribution < 1.29 is 24.1 Å². The van der Waals surface area contributed by atoms with Crippen LogP contribution in [0.2, 0.25) is 0 Å². The molecule has 2 atom stereocenters. The fourth-order valence-corrected chi connectivity index (χ4v) is 5.14. The van der Waals surface area contributed by atoms with Crippen molar-refractivity contribution in [2.75, 3.05) is 0 Å². The van der Waals surface area contributed by atoms with Crippen molar-refractivity contribution in [3.05, 3.63) is 58.1 Å². The summed E-state index contributed by atoms with van der Waals surface area (Å²) in [6.45, 7) is 11.3. The highest BCUT2D eigenvalue weighted by molar-refractivity contribution is 5.71. The van der Waals surface area contributed by atoms with Crippen LogP contribution in [-0.4, -0.2) is 28.9 Å². The van der Waals surface area contributed by atoms with Gasteiger partial charge < -0.3 is 19.3 Å². The highest BCUT2D eigenvalue weighted by Gasteiger charge is 2.37. The van der Waals surface area contributed by atoms with Gasteiger partial charge in [-0.1, -0.05) is 44.2 Å². The first-order valence-electron chi connectivity index (χ1n) is 12.1. The van der Waals surface area contributed by atoms with Crippen LogP contribution in [-0.2, 0) is 29.0 Å². The lowest BCUT2D eigenvalue weighted by Gasteiger charge is -2.28. The summed E-state index contributed by atoms with van der Waals surface area (Å²) in [5.41, 5.74) is 5.54. The van der Waals surface area contributed by atoms with Gasteiger partial charge in [0.25, 0.3) is 0 Å². The molecule has 1 saturated heterocycles. The highest BCUT2D eigenvalue weighted by atomic mass is 16.5. The van der Waals surface area contributed by atoms with Gasteiger partial charge in [0.1, 0.15) is 29.8 Å². The summed E-state index contributed by atoms with van der Waals surface area (Å²) >= 11 is 0. The van der Waals surface area contributed by atoms with Crippen molar-refractivity contribution in [3.8, 4) is 11.5 Å². The van der Waals surface area contributed by atoms with Crippen LogP contribution in [0.25, 0.3) is 0 Å². The molecule has 5 heteroatoms. The summed E-state index contributed by atoms with van der Waals surface area (Å²) in [7, 11) is 0. The molecule has 5 nitrogen and oxygen atoms in total. The molecular weight excluding hydrogens is 416 g/mol. The van der Waals surface area contributed by atoms with Crippen LogP contribution in [0.5, 0.6) is 11.5 Å². The molecule has 0 aromatic heterocycles. The number of aliphatic hydroxyl groups excluding tert-OH is 1. The van der Waals surface area contributed by atoms with E-state index in [-0.39, 0.29) is 30.0 Å². The largest absolute Gasteiger partial charge is 0.488 e. The monoisotopic (exact) mass is 452 g/mol. The van der Waals surface area contributed by atoms with Crippen molar-refractivity contribution in [1.29, 1.82) is 0 Å². The zero-order valence-corrected chi connectivity index (χ0v) is 20.4. The van der Waals surface area contributed by atoms with Gasteiger partial charge >= 0.3 is 5.97 Å². The second-order valence-corrected chi connectivity index (χ2v) is 10.4. The normalized spacial score (nSPS) is 21.5. The molecule has 0 aliphatic carbocycles. The number of benzene rings is 2. The van der Waals surface area contributed by atoms with Gasteiger partial charge in [-0.05, 0) is 50.7 Å². The lowest BCUT2D eigenvalue weighted by atomic mass is 9.85. The molecule has 4 rings (SSSR count). The van der Waals surface area contributed by atoms with Crippen LogP contribution >= 0.6 is 0 Å². The fraction of sp³-hybridized carbons (Fsp3) is 0.536. The lowest BCUT2D eigenvalue weighted by Crippen LogP contribution is -2.32. The van der Waals surface area contributed by atoms with Gasteiger partial charge in [0.2, 0.25) is 0 Å². The Morgan fingerprint density at radius 2 is 1.94 bits per heavy atom. The number of carbonyl (C=O) groups excluding carboxylic acids is 1. The lowest BCUT2D eigenvalue weighted by molar-refractivity contribution is -0.160. The SMILES string of the molecule is Cc1c2c(c(CC[C@H]3C[C@H](O)CC(=O)O3)c(C(C)C)c1OCc1ccccc1)OC(C)(C)C2. The first-order chi connectivity index (χ1) is 15.6. The van der Waals surface area contributed by atoms with Crippen LogP contribution in [0.15, 0.2) is 30.3 Å². The molecule has 1 N–H and O–H groups in total. The van der Waals surface area contributed by atoms with E-state index in [0.29, 0.717) is 25.9 Å². The average molecular weight is 453 g/mol. The molecule has 0 radical (unpaired) electrons. The van der Waals surface area contributed by atoms with Crippen molar-refractivity contribution >= 4 is 5.97 Å². The molecule has 2 aliphatic rings. The smallest absolute Gasteiger partial charge is 0.308 e. The van der Waals surface area contributed by atoms with Crippen molar-refractivity contribution in [3.63, 3.8) is 0 Å². The number of cyclic esters (lactones) is 1. The van der Waals surface area contributed by atoms with Gasteiger partial charge in [-0.15, -0.1) is 0 Å². The van der Waals surface area contributed by atoms with Crippen molar-refractivity contribution in [2.45, 2.75) is 97.1 Å². The quantitative estimate of drug-likeness (QED) is 0.569. The Morgan fingerprint density at radius 3 is 2.61 bits per heavy atom. The number of esters is 1. The number of hydrogen-bond donors (Lipinski definition) is 1. The maximum Gasteiger partial charge on any atom is 0.308 e. The Balaban J connectivity index is 1.70. The maximum absolute atomic E-state index is 11.8. The predicted molar refractivity (Wildman–Crippen MR) is 128 cm³/mol. The van der Waals surface area contributed by atoms with Crippen LogP contribution in [0.1, 0.15) is 80.7 Å². The summed E-state index contributed by atoms with van der Waals surface area (Å²) in [5, 5.41) is 10.0. The number of hydrogen-bond acceptors (Lipinski definition) is 5. The van der Waals surface area contributed by atoms with Gasteiger partial charge in [0, 0.05) is 29.5 Å². The summed E-state index contributed by atoms with van der Waals surface area (Å²) in [6, 6.07) is 10.2. The van der Waals surface area contributed by atoms with E-state index in [2.05, 4.69) is 46.8 Å². The predicted octanol–water partition coefficient (Wildman–Crippen LogP) is 5.41. The second-order valence-electron chi connectivity index (χ2n) is 10.4. The fourth-order valence-electron chi connectivity index (χ4n) is 5.14. The minimum absolute atomic E-state index is 0.0858. The molecule has 0 bridgehead atoms. The number of rotatable bonds is 7. The third-order valence-electron chi connectivity index (χ3n) is 6.65. The average Bonchev–Trinajstić information content (AvgIpc) is 3.07. The number of aliphatic hydroxyl groups is 1. The zero-order valence-electron chi connectivity index (χ0n) is 20.4. The minimum atomic E-state index is -0.621. The number of carbonyl (C=O) groups is 1. The molecular formula is C28H36O5. The maximum atomic E-state index is 11.8. The molecule has 2 aliphatic heterocycles. The van der Waals surface area contributed by atoms with Crippen LogP contribution in [0.3, 0.4) is 0 Å². The first kappa shape index (κ1) is 23.6. The Hall–Kier alpha value is -2.53. The first-order valence-corrected chi connectivity index (χ1v) is 12.1. The molecule has 0 amide bonds. The van der Waals surface area contributed by atoms with E-state index in [1.165, 1.54) is 11.1 Å². The third-order valence-corrected chi connectivity index (χ3v) is 6.65.